The van der Waals surface area contributed by atoms with Crippen molar-refractivity contribution in [3.8, 4) is 5.75 Å². The first kappa shape index (κ1) is 18.2. The van der Waals surface area contributed by atoms with Crippen LogP contribution in [0.4, 0.5) is 0 Å². The number of nitrogens with zero attached hydrogens (tertiary/aromatic N) is 2. The highest BCUT2D eigenvalue weighted by atomic mass is 35.5. The molecule has 0 saturated carbocycles. The van der Waals surface area contributed by atoms with Gasteiger partial charge in [-0.2, -0.15) is 4.99 Å². The third-order valence-corrected chi connectivity index (χ3v) is 4.95. The normalized spacial score (nSPS) is 11.6. The van der Waals surface area contributed by atoms with Gasteiger partial charge in [-0.25, -0.2) is 0 Å². The van der Waals surface area contributed by atoms with Gasteiger partial charge in [-0.3, -0.25) is 9.59 Å². The largest absolute Gasteiger partial charge is 0.497 e. The van der Waals surface area contributed by atoms with Crippen LogP contribution in [0.3, 0.4) is 0 Å². The zero-order valence-corrected chi connectivity index (χ0v) is 15.6. The topological polar surface area (TPSA) is 69.9 Å². The molecule has 134 valence electrons. The third-order valence-electron chi connectivity index (χ3n) is 3.67. The summed E-state index contributed by atoms with van der Waals surface area (Å²) in [5.41, 5.74) is 1.14. The minimum atomic E-state index is -0.435. The summed E-state index contributed by atoms with van der Waals surface area (Å²) in [6.07, 6.45) is 0. The van der Waals surface area contributed by atoms with Crippen molar-refractivity contribution in [1.82, 2.24) is 4.57 Å². The molecule has 0 atom stereocenters. The SMILES string of the molecule is COC(=O)Cn1c(=NC(=O)c2cccc(OC)c2)sc2cc(Cl)ccc21. The molecule has 3 aromatic rings. The highest BCUT2D eigenvalue weighted by molar-refractivity contribution is 7.16. The second kappa shape index (κ2) is 7.72. The Morgan fingerprint density at radius 3 is 2.73 bits per heavy atom. The Balaban J connectivity index is 2.12. The summed E-state index contributed by atoms with van der Waals surface area (Å²) >= 11 is 7.32. The molecule has 0 saturated heterocycles. The van der Waals surface area contributed by atoms with Gasteiger partial charge in [-0.1, -0.05) is 29.0 Å². The molecule has 6 nitrogen and oxygen atoms in total. The van der Waals surface area contributed by atoms with Crippen LogP contribution >= 0.6 is 22.9 Å². The van der Waals surface area contributed by atoms with Crippen LogP contribution in [0.25, 0.3) is 10.2 Å². The van der Waals surface area contributed by atoms with Crippen LogP contribution < -0.4 is 9.54 Å². The fourth-order valence-corrected chi connectivity index (χ4v) is 3.69. The van der Waals surface area contributed by atoms with Crippen molar-refractivity contribution < 1.29 is 19.1 Å². The van der Waals surface area contributed by atoms with Gasteiger partial charge in [-0.05, 0) is 36.4 Å². The van der Waals surface area contributed by atoms with Gasteiger partial charge in [0.15, 0.2) is 4.80 Å². The summed E-state index contributed by atoms with van der Waals surface area (Å²) in [7, 11) is 2.84. The van der Waals surface area contributed by atoms with Crippen molar-refractivity contribution >= 4 is 45.0 Å². The Labute approximate surface area is 158 Å². The highest BCUT2D eigenvalue weighted by Crippen LogP contribution is 2.22. The lowest BCUT2D eigenvalue weighted by Crippen LogP contribution is -2.22. The predicted octanol–water partition coefficient (Wildman–Crippen LogP) is 3.28. The standard InChI is InChI=1S/C18H15ClN2O4S/c1-24-13-5-3-4-11(8-13)17(23)20-18-21(10-16(22)25-2)14-7-6-12(19)9-15(14)26-18/h3-9H,10H2,1-2H3. The molecule has 0 aliphatic carbocycles. The van der Waals surface area contributed by atoms with Crippen LogP contribution in [-0.4, -0.2) is 30.7 Å². The molecule has 2 aromatic carbocycles. The van der Waals surface area contributed by atoms with E-state index in [4.69, 9.17) is 21.1 Å². The maximum atomic E-state index is 12.6. The van der Waals surface area contributed by atoms with Crippen LogP contribution in [0, 0.1) is 0 Å². The van der Waals surface area contributed by atoms with Gasteiger partial charge in [0.1, 0.15) is 12.3 Å². The molecule has 26 heavy (non-hydrogen) atoms. The van der Waals surface area contributed by atoms with Crippen molar-refractivity contribution in [1.29, 1.82) is 0 Å². The number of fused-ring (bicyclic) bond motifs is 1. The van der Waals surface area contributed by atoms with Gasteiger partial charge in [-0.15, -0.1) is 0 Å². The number of aromatic nitrogens is 1. The highest BCUT2D eigenvalue weighted by Gasteiger charge is 2.13. The molecular weight excluding hydrogens is 376 g/mol. The number of carbonyl (C=O) groups is 2. The molecule has 8 heteroatoms. The number of ether oxygens (including phenoxy) is 2. The number of carbonyl (C=O) groups excluding carboxylic acids is 2. The molecule has 0 N–H and O–H groups in total. The predicted molar refractivity (Wildman–Crippen MR) is 99.7 cm³/mol. The molecule has 0 radical (unpaired) electrons. The average Bonchev–Trinajstić information content (AvgIpc) is 2.97. The van der Waals surface area contributed by atoms with Crippen molar-refractivity contribution in [3.63, 3.8) is 0 Å². The van der Waals surface area contributed by atoms with E-state index in [1.807, 2.05) is 0 Å². The van der Waals surface area contributed by atoms with Gasteiger partial charge < -0.3 is 14.0 Å². The van der Waals surface area contributed by atoms with Gasteiger partial charge in [0.05, 0.1) is 24.4 Å². The number of thiazole rings is 1. The molecular formula is C18H15ClN2O4S. The summed E-state index contributed by atoms with van der Waals surface area (Å²) in [6.45, 7) is -0.0532. The zero-order valence-electron chi connectivity index (χ0n) is 14.1. The first-order chi connectivity index (χ1) is 12.5. The lowest BCUT2D eigenvalue weighted by Gasteiger charge is -2.04. The fourth-order valence-electron chi connectivity index (χ4n) is 2.39. The molecule has 0 fully saturated rings. The van der Waals surface area contributed by atoms with E-state index in [-0.39, 0.29) is 6.54 Å². The first-order valence-corrected chi connectivity index (χ1v) is 8.80. The van der Waals surface area contributed by atoms with Gasteiger partial charge in [0, 0.05) is 10.6 Å². The number of halogens is 1. The van der Waals surface area contributed by atoms with Crippen molar-refractivity contribution in [3.05, 3.63) is 57.9 Å². The minimum Gasteiger partial charge on any atom is -0.497 e. The summed E-state index contributed by atoms with van der Waals surface area (Å²) in [6, 6.07) is 12.0. The van der Waals surface area contributed by atoms with E-state index < -0.39 is 11.9 Å². The Morgan fingerprint density at radius 2 is 2.00 bits per heavy atom. The molecule has 1 aromatic heterocycles. The summed E-state index contributed by atoms with van der Waals surface area (Å²) < 4.78 is 12.3. The van der Waals surface area contributed by atoms with Gasteiger partial charge in [0.2, 0.25) is 0 Å². The number of esters is 1. The van der Waals surface area contributed by atoms with Crippen molar-refractivity contribution in [2.75, 3.05) is 14.2 Å². The van der Waals surface area contributed by atoms with Crippen LogP contribution in [0.2, 0.25) is 5.02 Å². The number of benzene rings is 2. The number of rotatable bonds is 4. The number of amides is 1. The molecule has 0 spiro atoms. The Bertz CT molecular complexity index is 1050. The van der Waals surface area contributed by atoms with E-state index in [1.54, 1.807) is 47.0 Å². The maximum absolute atomic E-state index is 12.6. The van der Waals surface area contributed by atoms with Crippen LogP contribution in [0.15, 0.2) is 47.5 Å². The number of hydrogen-bond donors (Lipinski definition) is 0. The van der Waals surface area contributed by atoms with Crippen LogP contribution in [-0.2, 0) is 16.1 Å². The fraction of sp³-hybridized carbons (Fsp3) is 0.167. The Hall–Kier alpha value is -2.64. The quantitative estimate of drug-likeness (QED) is 0.641. The minimum absolute atomic E-state index is 0.0532. The van der Waals surface area contributed by atoms with Crippen molar-refractivity contribution in [2.24, 2.45) is 4.99 Å². The first-order valence-electron chi connectivity index (χ1n) is 7.60. The molecule has 0 aliphatic heterocycles. The Kier molecular flexibility index (Phi) is 5.39. The van der Waals surface area contributed by atoms with E-state index in [9.17, 15) is 9.59 Å². The second-order valence-electron chi connectivity index (χ2n) is 5.31. The molecule has 0 aliphatic rings. The second-order valence-corrected chi connectivity index (χ2v) is 6.75. The van der Waals surface area contributed by atoms with Crippen LogP contribution in [0.1, 0.15) is 10.4 Å². The lowest BCUT2D eigenvalue weighted by atomic mass is 10.2. The number of methoxy groups -OCH3 is 2. The maximum Gasteiger partial charge on any atom is 0.325 e. The van der Waals surface area contributed by atoms with Crippen LogP contribution in [0.5, 0.6) is 5.75 Å². The van der Waals surface area contributed by atoms with Gasteiger partial charge >= 0.3 is 5.97 Å². The zero-order chi connectivity index (χ0) is 18.7. The molecule has 0 unspecified atom stereocenters. The van der Waals surface area contributed by atoms with Gasteiger partial charge in [0.25, 0.3) is 5.91 Å². The van der Waals surface area contributed by atoms with Crippen molar-refractivity contribution in [2.45, 2.75) is 6.54 Å². The number of hydrogen-bond acceptors (Lipinski definition) is 5. The summed E-state index contributed by atoms with van der Waals surface area (Å²) in [4.78, 5) is 28.9. The molecule has 0 bridgehead atoms. The smallest absolute Gasteiger partial charge is 0.325 e. The van der Waals surface area contributed by atoms with E-state index in [2.05, 4.69) is 4.99 Å². The summed E-state index contributed by atoms with van der Waals surface area (Å²) in [5.74, 6) is -0.299. The molecule has 1 amide bonds. The van der Waals surface area contributed by atoms with E-state index in [0.717, 1.165) is 10.2 Å². The van der Waals surface area contributed by atoms with E-state index >= 15 is 0 Å². The monoisotopic (exact) mass is 390 g/mol. The molecule has 1 heterocycles. The molecule has 3 rings (SSSR count). The third kappa shape index (κ3) is 3.79. The average molecular weight is 391 g/mol. The Morgan fingerprint density at radius 1 is 1.19 bits per heavy atom. The lowest BCUT2D eigenvalue weighted by molar-refractivity contribution is -0.141. The van der Waals surface area contributed by atoms with E-state index in [0.29, 0.717) is 21.1 Å². The summed E-state index contributed by atoms with van der Waals surface area (Å²) in [5, 5.41) is 0.564. The van der Waals surface area contributed by atoms with E-state index in [1.165, 1.54) is 25.6 Å².